The van der Waals surface area contributed by atoms with Crippen LogP contribution in [0.4, 0.5) is 0 Å². The normalized spacial score (nSPS) is 28.5. The summed E-state index contributed by atoms with van der Waals surface area (Å²) in [6.45, 7) is 15.5. The van der Waals surface area contributed by atoms with E-state index in [1.165, 1.54) is 0 Å². The number of aliphatic carboxylic acids is 1. The van der Waals surface area contributed by atoms with E-state index in [4.69, 9.17) is 9.47 Å². The van der Waals surface area contributed by atoms with Crippen molar-refractivity contribution < 1.29 is 39.5 Å². The van der Waals surface area contributed by atoms with Crippen molar-refractivity contribution in [2.45, 2.75) is 117 Å². The number of esters is 1. The molecule has 228 valence electrons. The van der Waals surface area contributed by atoms with E-state index in [0.717, 1.165) is 52.6 Å². The Kier molecular flexibility index (Phi) is 7.02. The van der Waals surface area contributed by atoms with Gasteiger partial charge in [-0.3, -0.25) is 4.79 Å². The third-order valence-corrected chi connectivity index (χ3v) is 10.7. The van der Waals surface area contributed by atoms with E-state index in [1.807, 2.05) is 40.7 Å². The Morgan fingerprint density at radius 3 is 2.24 bits per heavy atom. The van der Waals surface area contributed by atoms with E-state index in [-0.39, 0.29) is 46.6 Å². The molecular weight excluding hydrogens is 536 g/mol. The Bertz CT molecular complexity index is 1490. The molecule has 2 aromatic carbocycles. The third kappa shape index (κ3) is 4.15. The molecule has 3 heterocycles. The Hall–Kier alpha value is -3.42. The molecule has 42 heavy (non-hydrogen) atoms. The number of carboxylic acid groups (broad SMARTS) is 1. The summed E-state index contributed by atoms with van der Waals surface area (Å²) in [4.78, 5) is 24.2. The second kappa shape index (κ2) is 9.81. The average Bonchev–Trinajstić information content (AvgIpc) is 2.92. The first kappa shape index (κ1) is 30.1. The highest BCUT2D eigenvalue weighted by Gasteiger charge is 2.65. The van der Waals surface area contributed by atoms with Gasteiger partial charge in [-0.25, -0.2) is 4.79 Å². The average molecular weight is 581 g/mol. The number of hydrogen-bond acceptors (Lipinski definition) is 7. The van der Waals surface area contributed by atoms with Crippen molar-refractivity contribution in [1.82, 2.24) is 0 Å². The fourth-order valence-corrected chi connectivity index (χ4v) is 7.95. The zero-order valence-corrected chi connectivity index (χ0v) is 26.0. The maximum Gasteiger partial charge on any atom is 0.347 e. The first-order valence-corrected chi connectivity index (χ1v) is 15.0. The summed E-state index contributed by atoms with van der Waals surface area (Å²) in [7, 11) is 0. The number of benzene rings is 2. The molecule has 3 aliphatic heterocycles. The van der Waals surface area contributed by atoms with Crippen LogP contribution in [-0.2, 0) is 26.2 Å². The highest BCUT2D eigenvalue weighted by atomic mass is 16.5. The van der Waals surface area contributed by atoms with Gasteiger partial charge in [0.1, 0.15) is 23.0 Å². The van der Waals surface area contributed by atoms with Crippen molar-refractivity contribution in [3.05, 3.63) is 45.0 Å². The molecule has 5 aliphatic rings. The quantitative estimate of drug-likeness (QED) is 0.226. The first-order valence-electron chi connectivity index (χ1n) is 15.0. The number of phenolic OH excluding ortho intramolecular Hbond substituents is 3. The van der Waals surface area contributed by atoms with E-state index in [9.17, 15) is 30.0 Å². The first-order chi connectivity index (χ1) is 19.5. The lowest BCUT2D eigenvalue weighted by Gasteiger charge is -2.58. The number of rotatable bonds is 2. The van der Waals surface area contributed by atoms with Crippen LogP contribution in [0.25, 0.3) is 0 Å². The molecule has 8 heteroatoms. The minimum absolute atomic E-state index is 0.0202. The SMILES string of the molecule is CC(C)c1cc2c(c(O)c1O)[C@@]13CCCC(C)(C)[C@@H]1C[C@@H]2OC3=O.Cc1c(C)c2c(c(C)c1O)CCC(C)(C(=O)O)O2. The summed E-state index contributed by atoms with van der Waals surface area (Å²) in [5.41, 5.74) is 3.61. The number of carbonyl (C=O) groups is 2. The fraction of sp³-hybridized carbons (Fsp3) is 0.588. The molecule has 4 N–H and O–H groups in total. The van der Waals surface area contributed by atoms with Crippen molar-refractivity contribution in [1.29, 1.82) is 0 Å². The topological polar surface area (TPSA) is 134 Å². The smallest absolute Gasteiger partial charge is 0.347 e. The van der Waals surface area contributed by atoms with E-state index in [1.54, 1.807) is 6.92 Å². The van der Waals surface area contributed by atoms with Crippen LogP contribution in [0.3, 0.4) is 0 Å². The zero-order chi connectivity index (χ0) is 31.1. The van der Waals surface area contributed by atoms with Crippen molar-refractivity contribution >= 4 is 11.9 Å². The molecule has 4 atom stereocenters. The summed E-state index contributed by atoms with van der Waals surface area (Å²) in [6.07, 6.45) is 4.22. The second-order valence-electron chi connectivity index (χ2n) is 13.9. The number of carbonyl (C=O) groups excluding carboxylic acids is 1. The van der Waals surface area contributed by atoms with Crippen molar-refractivity contribution in [2.75, 3.05) is 0 Å². The highest BCUT2D eigenvalue weighted by molar-refractivity contribution is 5.89. The molecule has 0 radical (unpaired) electrons. The standard InChI is InChI=1S/C20H26O4.C14H18O4/c1-10(2)11-8-12-13-9-14-19(3,4)6-5-7-20(14,18(23)24-13)15(12)17(22)16(11)21;1-7-8(2)12-10(9(3)11(7)15)5-6-14(4,18-12)13(16)17/h8,10,13-14,21-22H,5-7,9H2,1-4H3;15H,5-6H2,1-4H3,(H,16,17)/t13-,14-,20+;/m0./s1. The molecular formula is C34H44O8. The van der Waals surface area contributed by atoms with Gasteiger partial charge in [0.2, 0.25) is 5.60 Å². The van der Waals surface area contributed by atoms with E-state index in [0.29, 0.717) is 30.6 Å². The second-order valence-corrected chi connectivity index (χ2v) is 13.9. The van der Waals surface area contributed by atoms with Gasteiger partial charge in [-0.1, -0.05) is 34.1 Å². The minimum Gasteiger partial charge on any atom is -0.507 e. The number of carboxylic acids is 1. The van der Waals surface area contributed by atoms with Gasteiger partial charge in [-0.05, 0) is 93.4 Å². The van der Waals surface area contributed by atoms with Gasteiger partial charge in [0.15, 0.2) is 11.5 Å². The Labute approximate surface area is 247 Å². The molecule has 8 nitrogen and oxygen atoms in total. The number of hydrogen-bond donors (Lipinski definition) is 4. The van der Waals surface area contributed by atoms with Crippen LogP contribution < -0.4 is 4.74 Å². The lowest BCUT2D eigenvalue weighted by atomic mass is 9.47. The maximum absolute atomic E-state index is 12.9. The summed E-state index contributed by atoms with van der Waals surface area (Å²) in [5, 5.41) is 40.7. The number of aromatic hydroxyl groups is 3. The van der Waals surface area contributed by atoms with Crippen molar-refractivity contribution in [3.8, 4) is 23.0 Å². The molecule has 1 unspecified atom stereocenters. The van der Waals surface area contributed by atoms with E-state index < -0.39 is 17.0 Å². The molecule has 2 aliphatic carbocycles. The molecule has 1 saturated carbocycles. The van der Waals surface area contributed by atoms with Gasteiger partial charge < -0.3 is 29.9 Å². The van der Waals surface area contributed by atoms with Crippen molar-refractivity contribution in [2.24, 2.45) is 11.3 Å². The van der Waals surface area contributed by atoms with Crippen LogP contribution in [0, 0.1) is 32.1 Å². The number of phenols is 3. The van der Waals surface area contributed by atoms with Gasteiger partial charge in [0, 0.05) is 28.7 Å². The molecule has 1 spiro atoms. The van der Waals surface area contributed by atoms with Gasteiger partial charge in [-0.15, -0.1) is 0 Å². The molecule has 7 rings (SSSR count). The minimum atomic E-state index is -1.17. The third-order valence-electron chi connectivity index (χ3n) is 10.7. The summed E-state index contributed by atoms with van der Waals surface area (Å²) in [5.74, 6) is -0.179. The van der Waals surface area contributed by atoms with Gasteiger partial charge in [-0.2, -0.15) is 0 Å². The van der Waals surface area contributed by atoms with Crippen LogP contribution in [-0.4, -0.2) is 38.0 Å². The maximum atomic E-state index is 12.9. The van der Waals surface area contributed by atoms with E-state index in [2.05, 4.69) is 13.8 Å². The zero-order valence-electron chi connectivity index (χ0n) is 26.0. The Morgan fingerprint density at radius 2 is 1.62 bits per heavy atom. The summed E-state index contributed by atoms with van der Waals surface area (Å²) < 4.78 is 11.5. The number of fused-ring (bicyclic) bond motifs is 2. The Morgan fingerprint density at radius 1 is 0.952 bits per heavy atom. The monoisotopic (exact) mass is 580 g/mol. The lowest BCUT2D eigenvalue weighted by Crippen LogP contribution is -2.59. The Balaban J connectivity index is 0.000000176. The van der Waals surface area contributed by atoms with Gasteiger partial charge in [0.25, 0.3) is 0 Å². The fourth-order valence-electron chi connectivity index (χ4n) is 7.95. The van der Waals surface area contributed by atoms with Crippen LogP contribution in [0.15, 0.2) is 6.07 Å². The molecule has 2 aromatic rings. The van der Waals surface area contributed by atoms with Crippen molar-refractivity contribution in [3.63, 3.8) is 0 Å². The van der Waals surface area contributed by atoms with E-state index >= 15 is 0 Å². The van der Waals surface area contributed by atoms with Gasteiger partial charge in [0.05, 0.1) is 0 Å². The molecule has 2 bridgehead atoms. The molecule has 0 amide bonds. The summed E-state index contributed by atoms with van der Waals surface area (Å²) in [6, 6.07) is 1.95. The molecule has 1 saturated heterocycles. The predicted octanol–water partition coefficient (Wildman–Crippen LogP) is 6.77. The highest BCUT2D eigenvalue weighted by Crippen LogP contribution is 2.66. The van der Waals surface area contributed by atoms with Gasteiger partial charge >= 0.3 is 11.9 Å². The predicted molar refractivity (Wildman–Crippen MR) is 157 cm³/mol. The van der Waals surface area contributed by atoms with Crippen LogP contribution in [0.2, 0.25) is 0 Å². The number of ether oxygens (including phenoxy) is 2. The van der Waals surface area contributed by atoms with Crippen LogP contribution in [0.1, 0.15) is 118 Å². The van der Waals surface area contributed by atoms with Crippen LogP contribution >= 0.6 is 0 Å². The molecule has 2 fully saturated rings. The summed E-state index contributed by atoms with van der Waals surface area (Å²) >= 11 is 0. The largest absolute Gasteiger partial charge is 0.507 e. The lowest BCUT2D eigenvalue weighted by molar-refractivity contribution is -0.185. The molecule has 0 aromatic heterocycles. The van der Waals surface area contributed by atoms with Crippen LogP contribution in [0.5, 0.6) is 23.0 Å².